The number of Topliss-reactive ketones (excluding diaryl/α,β-unsaturated/α-hetero) is 1. The Morgan fingerprint density at radius 2 is 2.27 bits per heavy atom. The van der Waals surface area contributed by atoms with Gasteiger partial charge in [-0.15, -0.1) is 0 Å². The fourth-order valence-corrected chi connectivity index (χ4v) is 1.57. The van der Waals surface area contributed by atoms with Crippen LogP contribution in [0.2, 0.25) is 0 Å². The monoisotopic (exact) mass is 333 g/mol. The van der Waals surface area contributed by atoms with Gasteiger partial charge in [0.25, 0.3) is 0 Å². The average Bonchev–Trinajstić information content (AvgIpc) is 2.26. The van der Waals surface area contributed by atoms with E-state index in [1.807, 2.05) is 0 Å². The number of nitriles is 1. The molecule has 2 nitrogen and oxygen atoms in total. The molecular formula is C10H6Br2FNO. The van der Waals surface area contributed by atoms with E-state index in [1.54, 1.807) is 6.07 Å². The Labute approximate surface area is 103 Å². The highest BCUT2D eigenvalue weighted by atomic mass is 79.9. The molecule has 5 heteroatoms. The molecule has 0 radical (unpaired) electrons. The number of benzene rings is 1. The van der Waals surface area contributed by atoms with Gasteiger partial charge in [-0.1, -0.05) is 31.9 Å². The SMILES string of the molecule is N#Cc1ccc(C(=O)C(Br)CBr)cc1F. The van der Waals surface area contributed by atoms with Crippen LogP contribution in [0.5, 0.6) is 0 Å². The molecule has 0 amide bonds. The van der Waals surface area contributed by atoms with Crippen molar-refractivity contribution >= 4 is 37.6 Å². The van der Waals surface area contributed by atoms with Gasteiger partial charge in [0.15, 0.2) is 5.78 Å². The molecule has 0 spiro atoms. The maximum Gasteiger partial charge on any atom is 0.177 e. The van der Waals surface area contributed by atoms with Crippen molar-refractivity contribution in [2.24, 2.45) is 0 Å². The predicted octanol–water partition coefficient (Wildman–Crippen LogP) is 3.04. The zero-order valence-electron chi connectivity index (χ0n) is 7.51. The molecule has 0 saturated carbocycles. The summed E-state index contributed by atoms with van der Waals surface area (Å²) in [6.07, 6.45) is 0. The van der Waals surface area contributed by atoms with Crippen molar-refractivity contribution in [1.82, 2.24) is 0 Å². The Kier molecular flexibility index (Phi) is 4.43. The number of carbonyl (C=O) groups is 1. The van der Waals surface area contributed by atoms with Crippen LogP contribution < -0.4 is 0 Å². The van der Waals surface area contributed by atoms with E-state index in [1.165, 1.54) is 12.1 Å². The highest BCUT2D eigenvalue weighted by molar-refractivity contribution is 9.12. The first kappa shape index (κ1) is 12.3. The maximum absolute atomic E-state index is 13.2. The number of ketones is 1. The lowest BCUT2D eigenvalue weighted by atomic mass is 10.1. The van der Waals surface area contributed by atoms with Gasteiger partial charge in [0.2, 0.25) is 0 Å². The molecular weight excluding hydrogens is 329 g/mol. The van der Waals surface area contributed by atoms with Crippen LogP contribution >= 0.6 is 31.9 Å². The number of alkyl halides is 2. The first-order valence-corrected chi connectivity index (χ1v) is 6.07. The first-order valence-electron chi connectivity index (χ1n) is 4.04. The first-order chi connectivity index (χ1) is 7.10. The van der Waals surface area contributed by atoms with Gasteiger partial charge >= 0.3 is 0 Å². The molecule has 78 valence electrons. The van der Waals surface area contributed by atoms with Gasteiger partial charge < -0.3 is 0 Å². The molecule has 1 rings (SSSR count). The summed E-state index contributed by atoms with van der Waals surface area (Å²) in [5.74, 6) is -0.882. The number of rotatable bonds is 3. The lowest BCUT2D eigenvalue weighted by Gasteiger charge is -2.05. The second-order valence-electron chi connectivity index (χ2n) is 2.79. The third-order valence-electron chi connectivity index (χ3n) is 1.79. The Hall–Kier alpha value is -0.730. The summed E-state index contributed by atoms with van der Waals surface area (Å²) in [6.45, 7) is 0. The Bertz CT molecular complexity index is 428. The van der Waals surface area contributed by atoms with E-state index in [-0.39, 0.29) is 21.7 Å². The van der Waals surface area contributed by atoms with Gasteiger partial charge in [-0.3, -0.25) is 4.79 Å². The highest BCUT2D eigenvalue weighted by Crippen LogP contribution is 2.15. The summed E-state index contributed by atoms with van der Waals surface area (Å²) < 4.78 is 13.2. The van der Waals surface area contributed by atoms with E-state index < -0.39 is 5.82 Å². The minimum atomic E-state index is -0.669. The summed E-state index contributed by atoms with van der Waals surface area (Å²) in [6, 6.07) is 5.53. The van der Waals surface area contributed by atoms with Crippen molar-refractivity contribution in [3.8, 4) is 6.07 Å². The molecule has 0 fully saturated rings. The topological polar surface area (TPSA) is 40.9 Å². The van der Waals surface area contributed by atoms with E-state index in [0.717, 1.165) is 6.07 Å². The van der Waals surface area contributed by atoms with Gasteiger partial charge in [-0.25, -0.2) is 4.39 Å². The highest BCUT2D eigenvalue weighted by Gasteiger charge is 2.16. The minimum Gasteiger partial charge on any atom is -0.293 e. The summed E-state index contributed by atoms with van der Waals surface area (Å²) >= 11 is 6.30. The van der Waals surface area contributed by atoms with Crippen LogP contribution in [-0.2, 0) is 0 Å². The third-order valence-corrected chi connectivity index (χ3v) is 4.05. The van der Waals surface area contributed by atoms with E-state index in [0.29, 0.717) is 5.33 Å². The van der Waals surface area contributed by atoms with Crippen LogP contribution in [0.1, 0.15) is 15.9 Å². The molecule has 1 aromatic rings. The summed E-state index contributed by atoms with van der Waals surface area (Å²) in [7, 11) is 0. The fraction of sp³-hybridized carbons (Fsp3) is 0.200. The van der Waals surface area contributed by atoms with E-state index in [4.69, 9.17) is 5.26 Å². The molecule has 0 heterocycles. The van der Waals surface area contributed by atoms with Gasteiger partial charge in [-0.2, -0.15) is 5.26 Å². The number of hydrogen-bond donors (Lipinski definition) is 0. The van der Waals surface area contributed by atoms with Crippen LogP contribution in [0.3, 0.4) is 0 Å². The molecule has 15 heavy (non-hydrogen) atoms. The van der Waals surface area contributed by atoms with Crippen LogP contribution in [0.4, 0.5) is 4.39 Å². The van der Waals surface area contributed by atoms with Gasteiger partial charge in [0.05, 0.1) is 10.4 Å². The standard InChI is InChI=1S/C10H6Br2FNO/c11-4-8(12)10(15)6-1-2-7(5-14)9(13)3-6/h1-3,8H,4H2. The zero-order valence-corrected chi connectivity index (χ0v) is 10.7. The minimum absolute atomic E-state index is 0.0588. The van der Waals surface area contributed by atoms with Gasteiger partial charge in [0, 0.05) is 10.9 Å². The second-order valence-corrected chi connectivity index (χ2v) is 4.55. The lowest BCUT2D eigenvalue weighted by molar-refractivity contribution is 0.0997. The smallest absolute Gasteiger partial charge is 0.177 e. The van der Waals surface area contributed by atoms with E-state index in [9.17, 15) is 9.18 Å². The molecule has 0 bridgehead atoms. The Morgan fingerprint density at radius 3 is 2.73 bits per heavy atom. The zero-order chi connectivity index (χ0) is 11.4. The summed E-state index contributed by atoms with van der Waals surface area (Å²) in [5, 5.41) is 8.96. The number of halogens is 3. The molecule has 0 aliphatic heterocycles. The quantitative estimate of drug-likeness (QED) is 0.629. The molecule has 0 aromatic heterocycles. The van der Waals surface area contributed by atoms with Crippen molar-refractivity contribution in [1.29, 1.82) is 5.26 Å². The van der Waals surface area contributed by atoms with Gasteiger partial charge in [-0.05, 0) is 18.2 Å². The molecule has 1 unspecified atom stereocenters. The summed E-state index contributed by atoms with van der Waals surface area (Å²) in [4.78, 5) is 11.2. The van der Waals surface area contributed by atoms with Crippen molar-refractivity contribution in [2.75, 3.05) is 5.33 Å². The average molecular weight is 335 g/mol. The van der Waals surface area contributed by atoms with Crippen molar-refractivity contribution < 1.29 is 9.18 Å². The van der Waals surface area contributed by atoms with E-state index >= 15 is 0 Å². The molecule has 0 aliphatic rings. The predicted molar refractivity (Wildman–Crippen MR) is 62.0 cm³/mol. The molecule has 0 N–H and O–H groups in total. The second kappa shape index (κ2) is 5.38. The molecule has 1 aromatic carbocycles. The van der Waals surface area contributed by atoms with Crippen LogP contribution in [-0.4, -0.2) is 15.9 Å². The number of nitrogens with zero attached hydrogens (tertiary/aromatic N) is 1. The van der Waals surface area contributed by atoms with Crippen LogP contribution in [0, 0.1) is 17.1 Å². The largest absolute Gasteiger partial charge is 0.293 e. The van der Waals surface area contributed by atoms with Crippen molar-refractivity contribution in [3.05, 3.63) is 35.1 Å². The van der Waals surface area contributed by atoms with Gasteiger partial charge in [0.1, 0.15) is 11.9 Å². The molecule has 0 aliphatic carbocycles. The van der Waals surface area contributed by atoms with Crippen molar-refractivity contribution in [3.63, 3.8) is 0 Å². The normalized spacial score (nSPS) is 11.9. The number of hydrogen-bond acceptors (Lipinski definition) is 2. The van der Waals surface area contributed by atoms with Crippen LogP contribution in [0.25, 0.3) is 0 Å². The van der Waals surface area contributed by atoms with Crippen LogP contribution in [0.15, 0.2) is 18.2 Å². The summed E-state index contributed by atoms with van der Waals surface area (Å²) in [5.41, 5.74) is 0.198. The Balaban J connectivity index is 3.04. The van der Waals surface area contributed by atoms with Crippen molar-refractivity contribution in [2.45, 2.75) is 4.83 Å². The molecule has 0 saturated heterocycles. The third kappa shape index (κ3) is 2.86. The maximum atomic E-state index is 13.2. The molecule has 1 atom stereocenters. The number of carbonyl (C=O) groups excluding carboxylic acids is 1. The van der Waals surface area contributed by atoms with E-state index in [2.05, 4.69) is 31.9 Å². The lowest BCUT2D eigenvalue weighted by Crippen LogP contribution is -2.15. The Morgan fingerprint density at radius 1 is 1.60 bits per heavy atom. The fourth-order valence-electron chi connectivity index (χ4n) is 1.01.